The number of hydrogen-bond donors (Lipinski definition) is 1. The summed E-state index contributed by atoms with van der Waals surface area (Å²) in [7, 11) is 0. The first-order valence-electron chi connectivity index (χ1n) is 5.90. The normalized spacial score (nSPS) is 21.3. The summed E-state index contributed by atoms with van der Waals surface area (Å²) in [6, 6.07) is 9.29. The Hall–Kier alpha value is -1.08. The van der Waals surface area contributed by atoms with Gasteiger partial charge in [0.2, 0.25) is 0 Å². The SMILES string of the molecule is CCC=Cc1ccccc1C1CCCN1. The van der Waals surface area contributed by atoms with Crippen molar-refractivity contribution >= 4 is 6.08 Å². The van der Waals surface area contributed by atoms with Gasteiger partial charge in [-0.3, -0.25) is 0 Å². The van der Waals surface area contributed by atoms with Crippen molar-refractivity contribution in [1.29, 1.82) is 0 Å². The van der Waals surface area contributed by atoms with Crippen molar-refractivity contribution in [3.63, 3.8) is 0 Å². The lowest BCUT2D eigenvalue weighted by Gasteiger charge is -2.13. The summed E-state index contributed by atoms with van der Waals surface area (Å²) < 4.78 is 0. The van der Waals surface area contributed by atoms with Crippen LogP contribution in [0, 0.1) is 0 Å². The van der Waals surface area contributed by atoms with Gasteiger partial charge in [-0.25, -0.2) is 0 Å². The fourth-order valence-corrected chi connectivity index (χ4v) is 2.17. The highest BCUT2D eigenvalue weighted by atomic mass is 14.9. The molecular weight excluding hydrogens is 182 g/mol. The molecule has 1 atom stereocenters. The van der Waals surface area contributed by atoms with Crippen LogP contribution in [0.2, 0.25) is 0 Å². The highest BCUT2D eigenvalue weighted by Gasteiger charge is 2.17. The Morgan fingerprint density at radius 3 is 3.00 bits per heavy atom. The average Bonchev–Trinajstić information content (AvgIpc) is 2.80. The molecule has 1 aliphatic heterocycles. The molecule has 1 aromatic carbocycles. The van der Waals surface area contributed by atoms with Crippen LogP contribution in [0.3, 0.4) is 0 Å². The Balaban J connectivity index is 2.24. The summed E-state index contributed by atoms with van der Waals surface area (Å²) in [4.78, 5) is 0. The molecule has 0 bridgehead atoms. The molecule has 1 aromatic rings. The van der Waals surface area contributed by atoms with Gasteiger partial charge in [0.15, 0.2) is 0 Å². The Bertz CT molecular complexity index is 335. The molecule has 0 spiro atoms. The number of nitrogens with one attached hydrogen (secondary N) is 1. The van der Waals surface area contributed by atoms with Crippen LogP contribution in [0.5, 0.6) is 0 Å². The predicted octanol–water partition coefficient (Wildman–Crippen LogP) is 3.53. The topological polar surface area (TPSA) is 12.0 Å². The Morgan fingerprint density at radius 2 is 2.27 bits per heavy atom. The molecule has 1 saturated heterocycles. The van der Waals surface area contributed by atoms with Gasteiger partial charge in [0, 0.05) is 6.04 Å². The molecule has 0 saturated carbocycles. The standard InChI is InChI=1S/C14H19N/c1-2-3-7-12-8-4-5-9-13(12)14-10-6-11-15-14/h3-5,7-9,14-15H,2,6,10-11H2,1H3. The lowest BCUT2D eigenvalue weighted by molar-refractivity contribution is 0.646. The summed E-state index contributed by atoms with van der Waals surface area (Å²) in [5.41, 5.74) is 2.83. The zero-order valence-electron chi connectivity index (χ0n) is 9.37. The largest absolute Gasteiger partial charge is 0.310 e. The first-order valence-corrected chi connectivity index (χ1v) is 5.90. The molecule has 1 fully saturated rings. The Kier molecular flexibility index (Phi) is 3.57. The molecule has 0 amide bonds. The van der Waals surface area contributed by atoms with Crippen LogP contribution in [-0.2, 0) is 0 Å². The molecule has 2 rings (SSSR count). The first-order chi connectivity index (χ1) is 7.42. The van der Waals surface area contributed by atoms with Gasteiger partial charge in [-0.2, -0.15) is 0 Å². The number of hydrogen-bond acceptors (Lipinski definition) is 1. The van der Waals surface area contributed by atoms with Crippen LogP contribution < -0.4 is 5.32 Å². The van der Waals surface area contributed by atoms with Crippen molar-refractivity contribution in [2.75, 3.05) is 6.54 Å². The summed E-state index contributed by atoms with van der Waals surface area (Å²) in [6.07, 6.45) is 8.16. The predicted molar refractivity (Wildman–Crippen MR) is 65.7 cm³/mol. The van der Waals surface area contributed by atoms with Crippen molar-refractivity contribution in [2.45, 2.75) is 32.2 Å². The lowest BCUT2D eigenvalue weighted by atomic mass is 9.99. The number of allylic oxidation sites excluding steroid dienone is 1. The summed E-state index contributed by atoms with van der Waals surface area (Å²) in [5.74, 6) is 0. The third-order valence-electron chi connectivity index (χ3n) is 2.96. The molecule has 1 heteroatoms. The molecule has 80 valence electrons. The maximum Gasteiger partial charge on any atom is 0.0326 e. The Morgan fingerprint density at radius 1 is 1.40 bits per heavy atom. The zero-order valence-corrected chi connectivity index (χ0v) is 9.37. The minimum Gasteiger partial charge on any atom is -0.310 e. The summed E-state index contributed by atoms with van der Waals surface area (Å²) in [6.45, 7) is 3.34. The zero-order chi connectivity index (χ0) is 10.5. The molecule has 0 aromatic heterocycles. The van der Waals surface area contributed by atoms with Gasteiger partial charge in [0.05, 0.1) is 0 Å². The smallest absolute Gasteiger partial charge is 0.0326 e. The van der Waals surface area contributed by atoms with Gasteiger partial charge in [0.1, 0.15) is 0 Å². The average molecular weight is 201 g/mol. The maximum atomic E-state index is 3.56. The van der Waals surface area contributed by atoms with Crippen molar-refractivity contribution < 1.29 is 0 Å². The second-order valence-corrected chi connectivity index (χ2v) is 4.09. The third-order valence-corrected chi connectivity index (χ3v) is 2.96. The van der Waals surface area contributed by atoms with E-state index in [1.165, 1.54) is 24.0 Å². The van der Waals surface area contributed by atoms with E-state index in [1.807, 2.05) is 0 Å². The summed E-state index contributed by atoms with van der Waals surface area (Å²) >= 11 is 0. The van der Waals surface area contributed by atoms with Crippen LogP contribution in [0.4, 0.5) is 0 Å². The van der Waals surface area contributed by atoms with Crippen molar-refractivity contribution in [1.82, 2.24) is 5.32 Å². The number of rotatable bonds is 3. The fraction of sp³-hybridized carbons (Fsp3) is 0.429. The van der Waals surface area contributed by atoms with E-state index in [4.69, 9.17) is 0 Å². The Labute approximate surface area is 92.2 Å². The molecule has 15 heavy (non-hydrogen) atoms. The molecule has 1 nitrogen and oxygen atoms in total. The van der Waals surface area contributed by atoms with E-state index in [2.05, 4.69) is 48.7 Å². The molecule has 1 unspecified atom stereocenters. The van der Waals surface area contributed by atoms with Gasteiger partial charge < -0.3 is 5.32 Å². The van der Waals surface area contributed by atoms with Gasteiger partial charge in [-0.05, 0) is 36.9 Å². The van der Waals surface area contributed by atoms with E-state index in [0.29, 0.717) is 6.04 Å². The van der Waals surface area contributed by atoms with Crippen LogP contribution in [0.1, 0.15) is 43.4 Å². The van der Waals surface area contributed by atoms with Gasteiger partial charge in [-0.1, -0.05) is 43.3 Å². The van der Waals surface area contributed by atoms with E-state index >= 15 is 0 Å². The first kappa shape index (κ1) is 10.4. The number of benzene rings is 1. The fourth-order valence-electron chi connectivity index (χ4n) is 2.17. The molecule has 0 radical (unpaired) electrons. The molecule has 1 heterocycles. The second-order valence-electron chi connectivity index (χ2n) is 4.09. The van der Waals surface area contributed by atoms with Crippen LogP contribution in [0.25, 0.3) is 6.08 Å². The highest BCUT2D eigenvalue weighted by Crippen LogP contribution is 2.26. The monoisotopic (exact) mass is 201 g/mol. The highest BCUT2D eigenvalue weighted by molar-refractivity contribution is 5.54. The second kappa shape index (κ2) is 5.13. The van der Waals surface area contributed by atoms with Gasteiger partial charge in [-0.15, -0.1) is 0 Å². The molecular formula is C14H19N. The van der Waals surface area contributed by atoms with E-state index < -0.39 is 0 Å². The molecule has 1 aliphatic rings. The van der Waals surface area contributed by atoms with Crippen LogP contribution >= 0.6 is 0 Å². The minimum absolute atomic E-state index is 0.572. The molecule has 0 aliphatic carbocycles. The van der Waals surface area contributed by atoms with E-state index in [0.717, 1.165) is 13.0 Å². The quantitative estimate of drug-likeness (QED) is 0.788. The lowest BCUT2D eigenvalue weighted by Crippen LogP contribution is -2.13. The maximum absolute atomic E-state index is 3.56. The molecule has 1 N–H and O–H groups in total. The van der Waals surface area contributed by atoms with Crippen molar-refractivity contribution in [2.24, 2.45) is 0 Å². The van der Waals surface area contributed by atoms with E-state index in [-0.39, 0.29) is 0 Å². The van der Waals surface area contributed by atoms with Crippen molar-refractivity contribution in [3.8, 4) is 0 Å². The van der Waals surface area contributed by atoms with Crippen LogP contribution in [-0.4, -0.2) is 6.54 Å². The van der Waals surface area contributed by atoms with Gasteiger partial charge in [0.25, 0.3) is 0 Å². The van der Waals surface area contributed by atoms with E-state index in [9.17, 15) is 0 Å². The van der Waals surface area contributed by atoms with Crippen molar-refractivity contribution in [3.05, 3.63) is 41.5 Å². The van der Waals surface area contributed by atoms with E-state index in [1.54, 1.807) is 0 Å². The minimum atomic E-state index is 0.572. The van der Waals surface area contributed by atoms with Gasteiger partial charge >= 0.3 is 0 Å². The summed E-state index contributed by atoms with van der Waals surface area (Å²) in [5, 5.41) is 3.56. The van der Waals surface area contributed by atoms with Crippen LogP contribution in [0.15, 0.2) is 30.3 Å². The third kappa shape index (κ3) is 2.48.